The van der Waals surface area contributed by atoms with Crippen LogP contribution in [0, 0.1) is 0 Å². The first kappa shape index (κ1) is 34.5. The second-order valence-electron chi connectivity index (χ2n) is 12.5. The lowest BCUT2D eigenvalue weighted by atomic mass is 10.0. The lowest BCUT2D eigenvalue weighted by molar-refractivity contribution is -0.146. The lowest BCUT2D eigenvalue weighted by Gasteiger charge is -2.31. The number of ether oxygens (including phenoxy) is 2. The summed E-state index contributed by atoms with van der Waals surface area (Å²) in [5.41, 5.74) is 1.96. The number of hydrogen-bond donors (Lipinski definition) is 0. The summed E-state index contributed by atoms with van der Waals surface area (Å²) in [5, 5.41) is 24.4. The normalized spacial score (nSPS) is 15.8. The molecule has 0 radical (unpaired) electrons. The topological polar surface area (TPSA) is 130 Å². The van der Waals surface area contributed by atoms with Crippen LogP contribution in [0.15, 0.2) is 109 Å². The van der Waals surface area contributed by atoms with Crippen molar-refractivity contribution in [1.29, 1.82) is 0 Å². The molecule has 7 aromatic rings. The molecule has 5 heterocycles. The van der Waals surface area contributed by atoms with Crippen molar-refractivity contribution in [3.8, 4) is 39.8 Å². The first-order valence-corrected chi connectivity index (χ1v) is 16.8. The molecule has 1 atom stereocenters. The van der Waals surface area contributed by atoms with Gasteiger partial charge in [0.15, 0.2) is 5.82 Å². The minimum absolute atomic E-state index is 0.122. The summed E-state index contributed by atoms with van der Waals surface area (Å²) >= 11 is 6.57. The Balaban J connectivity index is 1.24. The quantitative estimate of drug-likeness (QED) is 0.158. The number of alkyl halides is 3. The summed E-state index contributed by atoms with van der Waals surface area (Å²) in [4.78, 5) is 17.0. The molecule has 0 saturated carbocycles. The minimum atomic E-state index is -4.51. The molecule has 0 aliphatic carbocycles. The zero-order valence-electron chi connectivity index (χ0n) is 28.7. The highest BCUT2D eigenvalue weighted by Crippen LogP contribution is 2.40. The minimum Gasteiger partial charge on any atom is -0.497 e. The van der Waals surface area contributed by atoms with Gasteiger partial charge < -0.3 is 14.0 Å². The Labute approximate surface area is 309 Å². The molecule has 3 aromatic carbocycles. The molecule has 0 N–H and O–H groups in total. The second kappa shape index (κ2) is 13.1. The van der Waals surface area contributed by atoms with E-state index in [-0.39, 0.29) is 24.2 Å². The number of methoxy groups -OCH3 is 1. The highest BCUT2D eigenvalue weighted by atomic mass is 35.5. The van der Waals surface area contributed by atoms with Gasteiger partial charge in [-0.2, -0.15) is 28.0 Å². The van der Waals surface area contributed by atoms with E-state index in [1.807, 2.05) is 29.0 Å². The zero-order valence-corrected chi connectivity index (χ0v) is 29.5. The van der Waals surface area contributed by atoms with E-state index in [2.05, 4.69) is 25.6 Å². The summed E-state index contributed by atoms with van der Waals surface area (Å²) in [6.07, 6.45) is 2.34. The number of nitrogens with zero attached hydrogens (tertiary/aromatic N) is 10. The summed E-state index contributed by atoms with van der Waals surface area (Å²) < 4.78 is 56.8. The van der Waals surface area contributed by atoms with Crippen LogP contribution in [-0.4, -0.2) is 63.5 Å². The molecule has 17 heteroatoms. The number of tetrazole rings is 1. The van der Waals surface area contributed by atoms with Crippen LogP contribution in [0.5, 0.6) is 5.75 Å². The second-order valence-corrected chi connectivity index (χ2v) is 12.9. The van der Waals surface area contributed by atoms with E-state index in [1.54, 1.807) is 73.7 Å². The Hall–Kier alpha value is -6.55. The van der Waals surface area contributed by atoms with Crippen molar-refractivity contribution in [2.75, 3.05) is 7.11 Å². The number of benzene rings is 3. The Morgan fingerprint density at radius 1 is 0.944 bits per heavy atom. The van der Waals surface area contributed by atoms with Crippen LogP contribution < -0.4 is 4.74 Å². The van der Waals surface area contributed by atoms with Crippen LogP contribution in [0.3, 0.4) is 0 Å². The number of carbonyl (C=O) groups excluding carboxylic acids is 1. The predicted molar refractivity (Wildman–Crippen MR) is 192 cm³/mol. The molecule has 272 valence electrons. The maximum Gasteiger partial charge on any atom is 0.416 e. The van der Waals surface area contributed by atoms with E-state index in [9.17, 15) is 18.0 Å². The highest BCUT2D eigenvalue weighted by molar-refractivity contribution is 6.31. The van der Waals surface area contributed by atoms with Gasteiger partial charge in [-0.3, -0.25) is 9.78 Å². The molecule has 0 fully saturated rings. The van der Waals surface area contributed by atoms with E-state index in [1.165, 1.54) is 28.7 Å². The third-order valence-corrected chi connectivity index (χ3v) is 9.29. The Kier molecular flexibility index (Phi) is 8.40. The number of fused-ring (bicyclic) bond motifs is 1. The molecular weight excluding hydrogens is 725 g/mol. The van der Waals surface area contributed by atoms with Gasteiger partial charge in [-0.25, -0.2) is 4.68 Å². The third-order valence-electron chi connectivity index (χ3n) is 9.05. The fraction of sp³-hybridized carbons (Fsp3) is 0.162. The van der Waals surface area contributed by atoms with E-state index >= 15 is 0 Å². The maximum absolute atomic E-state index is 13.4. The first-order valence-electron chi connectivity index (χ1n) is 16.4. The van der Waals surface area contributed by atoms with Crippen molar-refractivity contribution in [3.05, 3.63) is 120 Å². The molecule has 0 spiro atoms. The van der Waals surface area contributed by atoms with Gasteiger partial charge in [0.25, 0.3) is 0 Å². The van der Waals surface area contributed by atoms with Gasteiger partial charge in [0.1, 0.15) is 18.0 Å². The fourth-order valence-corrected chi connectivity index (χ4v) is 6.61. The van der Waals surface area contributed by atoms with Crippen LogP contribution in [0.2, 0.25) is 5.02 Å². The number of hydrogen-bond acceptors (Lipinski definition) is 9. The predicted octanol–water partition coefficient (Wildman–Crippen LogP) is 7.28. The molecule has 1 aliphatic heterocycles. The largest absolute Gasteiger partial charge is 0.497 e. The van der Waals surface area contributed by atoms with Crippen molar-refractivity contribution in [3.63, 3.8) is 0 Å². The number of rotatable bonds is 8. The summed E-state index contributed by atoms with van der Waals surface area (Å²) in [5.74, 6) is 0.838. The summed E-state index contributed by atoms with van der Waals surface area (Å²) in [6, 6.07) is 20.7. The molecule has 1 aliphatic rings. The lowest BCUT2D eigenvalue weighted by Crippen LogP contribution is -2.41. The van der Waals surface area contributed by atoms with Crippen LogP contribution in [0.4, 0.5) is 13.2 Å². The molecular formula is C37H28ClF3N10O3. The molecule has 54 heavy (non-hydrogen) atoms. The van der Waals surface area contributed by atoms with Crippen LogP contribution in [0.1, 0.15) is 25.0 Å². The summed E-state index contributed by atoms with van der Waals surface area (Å²) in [7, 11) is 1.57. The molecule has 13 nitrogen and oxygen atoms in total. The fourth-order valence-electron chi connectivity index (χ4n) is 6.44. The summed E-state index contributed by atoms with van der Waals surface area (Å²) in [6.45, 7) is 3.31. The van der Waals surface area contributed by atoms with E-state index in [0.717, 1.165) is 23.0 Å². The number of carbonyl (C=O) groups is 1. The molecule has 0 bridgehead atoms. The number of hydrazone groups is 1. The van der Waals surface area contributed by atoms with Gasteiger partial charge in [-0.15, -0.1) is 10.2 Å². The smallest absolute Gasteiger partial charge is 0.416 e. The Morgan fingerprint density at radius 2 is 1.69 bits per heavy atom. The number of aromatic nitrogens is 8. The third kappa shape index (κ3) is 6.09. The average molecular weight is 753 g/mol. The van der Waals surface area contributed by atoms with Crippen molar-refractivity contribution in [2.24, 2.45) is 5.10 Å². The average Bonchev–Trinajstić information content (AvgIpc) is 3.96. The number of halogens is 4. The van der Waals surface area contributed by atoms with Gasteiger partial charge in [-0.05, 0) is 89.3 Å². The van der Waals surface area contributed by atoms with E-state index in [0.29, 0.717) is 44.5 Å². The van der Waals surface area contributed by atoms with Crippen molar-refractivity contribution < 1.29 is 27.4 Å². The van der Waals surface area contributed by atoms with Gasteiger partial charge in [0.2, 0.25) is 17.5 Å². The molecule has 4 aromatic heterocycles. The van der Waals surface area contributed by atoms with Crippen LogP contribution in [-0.2, 0) is 28.0 Å². The van der Waals surface area contributed by atoms with Crippen LogP contribution >= 0.6 is 11.6 Å². The Morgan fingerprint density at radius 3 is 2.37 bits per heavy atom. The van der Waals surface area contributed by atoms with Gasteiger partial charge in [-0.1, -0.05) is 11.6 Å². The van der Waals surface area contributed by atoms with E-state index in [4.69, 9.17) is 26.2 Å². The van der Waals surface area contributed by atoms with Crippen LogP contribution in [0.25, 0.3) is 44.9 Å². The van der Waals surface area contributed by atoms with E-state index < -0.39 is 17.5 Å². The monoisotopic (exact) mass is 752 g/mol. The number of pyridine rings is 1. The Bertz CT molecular complexity index is 2550. The SMILES string of the molecule is COc1ccc(C2(C)OC(Cn3cc(-c4nn(-c5ccncc5)cc4-c4nnnn4-c4ccc(C(F)(F)F)cc4)c4cc(Cl)ccc43)=NN2C(C)=O)cc1. The van der Waals surface area contributed by atoms with Gasteiger partial charge >= 0.3 is 6.18 Å². The highest BCUT2D eigenvalue weighted by Gasteiger charge is 2.44. The molecule has 0 saturated heterocycles. The standard InChI is InChI=1S/C37H28ClF3N10O3/c1-22(52)51-36(2,23-6-11-28(53-3)12-7-23)54-33(44-51)21-48-19-30(29-18-25(38)8-13-32(29)48)34-31(20-49(45-34)26-14-16-42-17-15-26)35-43-46-47-50(35)27-9-4-24(5-10-27)37(39,40)41/h4-20H,21H2,1-3H3. The molecule has 8 rings (SSSR count). The van der Waals surface area contributed by atoms with Gasteiger partial charge in [0.05, 0.1) is 29.6 Å². The molecule has 1 amide bonds. The van der Waals surface area contributed by atoms with Crippen molar-refractivity contribution in [1.82, 2.24) is 44.5 Å². The zero-order chi connectivity index (χ0) is 37.8. The molecule has 1 unspecified atom stereocenters. The van der Waals surface area contributed by atoms with Crippen molar-refractivity contribution in [2.45, 2.75) is 32.3 Å². The number of amides is 1. The first-order chi connectivity index (χ1) is 25.9. The van der Waals surface area contributed by atoms with Gasteiger partial charge in [0, 0.05) is 65.7 Å². The van der Waals surface area contributed by atoms with Crippen molar-refractivity contribution >= 4 is 34.3 Å². The maximum atomic E-state index is 13.4.